The van der Waals surface area contributed by atoms with Gasteiger partial charge >= 0.3 is 0 Å². The lowest BCUT2D eigenvalue weighted by atomic mass is 10.1. The van der Waals surface area contributed by atoms with E-state index in [2.05, 4.69) is 11.1 Å². The molecule has 96 valence electrons. The van der Waals surface area contributed by atoms with E-state index in [4.69, 9.17) is 5.26 Å². The smallest absolute Gasteiger partial charge is 0.123 e. The summed E-state index contributed by atoms with van der Waals surface area (Å²) in [6.45, 7) is 0. The van der Waals surface area contributed by atoms with Crippen LogP contribution in [0.2, 0.25) is 0 Å². The number of hydrogen-bond donors (Lipinski definition) is 0. The molecule has 2 aromatic heterocycles. The van der Waals surface area contributed by atoms with Crippen LogP contribution >= 0.6 is 11.3 Å². The first-order chi connectivity index (χ1) is 9.78. The summed E-state index contributed by atoms with van der Waals surface area (Å²) >= 11 is 1.54. The molecule has 0 saturated carbocycles. The molecule has 0 aliphatic carbocycles. The minimum absolute atomic E-state index is 0.248. The molecule has 0 N–H and O–H groups in total. The summed E-state index contributed by atoms with van der Waals surface area (Å²) in [5.74, 6) is -0.248. The summed E-state index contributed by atoms with van der Waals surface area (Å²) in [6.07, 6.45) is 1.67. The molecule has 0 aliphatic heterocycles. The molecule has 0 amide bonds. The summed E-state index contributed by atoms with van der Waals surface area (Å²) in [6, 6.07) is 15.9. The van der Waals surface area contributed by atoms with Crippen molar-refractivity contribution in [3.8, 4) is 27.1 Å². The predicted octanol–water partition coefficient (Wildman–Crippen LogP) is 4.49. The second-order valence-corrected chi connectivity index (χ2v) is 5.27. The largest absolute Gasteiger partial charge is 0.254 e. The van der Waals surface area contributed by atoms with Gasteiger partial charge in [-0.1, -0.05) is 12.1 Å². The van der Waals surface area contributed by atoms with Crippen molar-refractivity contribution >= 4 is 11.3 Å². The average molecular weight is 280 g/mol. The summed E-state index contributed by atoms with van der Waals surface area (Å²) in [4.78, 5) is 6.22. The van der Waals surface area contributed by atoms with Gasteiger partial charge in [-0.05, 0) is 42.0 Å². The highest BCUT2D eigenvalue weighted by Crippen LogP contribution is 2.34. The third kappa shape index (κ3) is 2.31. The molecule has 20 heavy (non-hydrogen) atoms. The van der Waals surface area contributed by atoms with E-state index in [1.807, 2.05) is 12.1 Å². The maximum absolute atomic E-state index is 12.9. The summed E-state index contributed by atoms with van der Waals surface area (Å²) in [7, 11) is 0. The van der Waals surface area contributed by atoms with Gasteiger partial charge in [0, 0.05) is 11.1 Å². The van der Waals surface area contributed by atoms with E-state index >= 15 is 0 Å². The third-order valence-corrected chi connectivity index (χ3v) is 4.04. The van der Waals surface area contributed by atoms with Gasteiger partial charge in [0.25, 0.3) is 0 Å². The fraction of sp³-hybridized carbons (Fsp3) is 0. The molecule has 0 unspecified atom stereocenters. The third-order valence-electron chi connectivity index (χ3n) is 2.90. The number of hydrogen-bond acceptors (Lipinski definition) is 3. The molecule has 0 aliphatic rings. The van der Waals surface area contributed by atoms with E-state index in [-0.39, 0.29) is 5.82 Å². The Morgan fingerprint density at radius 1 is 1.00 bits per heavy atom. The van der Waals surface area contributed by atoms with Crippen LogP contribution in [0.15, 0.2) is 54.7 Å². The molecule has 0 radical (unpaired) electrons. The van der Waals surface area contributed by atoms with Crippen LogP contribution in [0.5, 0.6) is 0 Å². The van der Waals surface area contributed by atoms with Gasteiger partial charge in [-0.15, -0.1) is 11.3 Å². The molecule has 0 spiro atoms. The lowest BCUT2D eigenvalue weighted by Gasteiger charge is -1.99. The highest BCUT2D eigenvalue weighted by Gasteiger charge is 2.09. The topological polar surface area (TPSA) is 36.7 Å². The number of aromatic nitrogens is 1. The van der Waals surface area contributed by atoms with Crippen molar-refractivity contribution in [3.63, 3.8) is 0 Å². The number of pyridine rings is 1. The number of nitriles is 1. The van der Waals surface area contributed by atoms with E-state index in [1.54, 1.807) is 30.5 Å². The zero-order chi connectivity index (χ0) is 13.9. The molecule has 0 fully saturated rings. The predicted molar refractivity (Wildman–Crippen MR) is 77.7 cm³/mol. The van der Waals surface area contributed by atoms with E-state index in [9.17, 15) is 4.39 Å². The number of nitrogens with zero attached hydrogens (tertiary/aromatic N) is 2. The molecule has 0 bridgehead atoms. The van der Waals surface area contributed by atoms with Gasteiger partial charge in [0.05, 0.1) is 16.1 Å². The summed E-state index contributed by atoms with van der Waals surface area (Å²) in [5.41, 5.74) is 2.20. The van der Waals surface area contributed by atoms with Crippen LogP contribution in [0.25, 0.3) is 21.0 Å². The zero-order valence-corrected chi connectivity index (χ0v) is 11.2. The standard InChI is InChI=1S/C16H9FN2S/c17-13-5-3-11(4-6-13)14-7-8-15(20-14)16-12(10-18)2-1-9-19-16/h1-9H. The van der Waals surface area contributed by atoms with Crippen molar-refractivity contribution in [3.05, 3.63) is 66.1 Å². The van der Waals surface area contributed by atoms with Crippen LogP contribution in [0.3, 0.4) is 0 Å². The van der Waals surface area contributed by atoms with E-state index < -0.39 is 0 Å². The van der Waals surface area contributed by atoms with Gasteiger partial charge in [0.2, 0.25) is 0 Å². The lowest BCUT2D eigenvalue weighted by Crippen LogP contribution is -1.84. The Balaban J connectivity index is 2.02. The van der Waals surface area contributed by atoms with Gasteiger partial charge in [0.15, 0.2) is 0 Å². The maximum atomic E-state index is 12.9. The van der Waals surface area contributed by atoms with E-state index in [0.29, 0.717) is 11.3 Å². The minimum Gasteiger partial charge on any atom is -0.254 e. The lowest BCUT2D eigenvalue weighted by molar-refractivity contribution is 0.628. The molecule has 2 heterocycles. The molecule has 0 atom stereocenters. The Bertz CT molecular complexity index is 785. The Morgan fingerprint density at radius 2 is 1.75 bits per heavy atom. The fourth-order valence-corrected chi connectivity index (χ4v) is 2.95. The van der Waals surface area contributed by atoms with Gasteiger partial charge in [-0.25, -0.2) is 4.39 Å². The van der Waals surface area contributed by atoms with Gasteiger partial charge in [-0.2, -0.15) is 5.26 Å². The Kier molecular flexibility index (Phi) is 3.28. The maximum Gasteiger partial charge on any atom is 0.123 e. The molecule has 3 aromatic rings. The molecule has 0 saturated heterocycles. The van der Waals surface area contributed by atoms with Crippen LogP contribution in [0, 0.1) is 17.1 Å². The van der Waals surface area contributed by atoms with Crippen LogP contribution in [0.1, 0.15) is 5.56 Å². The monoisotopic (exact) mass is 280 g/mol. The van der Waals surface area contributed by atoms with Crippen molar-refractivity contribution < 1.29 is 4.39 Å². The number of benzene rings is 1. The molecule has 2 nitrogen and oxygen atoms in total. The minimum atomic E-state index is -0.248. The van der Waals surface area contributed by atoms with Crippen molar-refractivity contribution in [2.75, 3.05) is 0 Å². The normalized spacial score (nSPS) is 10.2. The first kappa shape index (κ1) is 12.5. The Hall–Kier alpha value is -2.51. The van der Waals surface area contributed by atoms with Gasteiger partial charge in [0.1, 0.15) is 11.9 Å². The first-order valence-corrected chi connectivity index (χ1v) is 6.81. The van der Waals surface area contributed by atoms with Crippen molar-refractivity contribution in [1.29, 1.82) is 5.26 Å². The van der Waals surface area contributed by atoms with Crippen LogP contribution < -0.4 is 0 Å². The molecule has 1 aromatic carbocycles. The quantitative estimate of drug-likeness (QED) is 0.693. The van der Waals surface area contributed by atoms with Crippen molar-refractivity contribution in [2.24, 2.45) is 0 Å². The first-order valence-electron chi connectivity index (χ1n) is 5.99. The van der Waals surface area contributed by atoms with Gasteiger partial charge in [-0.3, -0.25) is 4.98 Å². The summed E-state index contributed by atoms with van der Waals surface area (Å²) in [5, 5.41) is 9.11. The Morgan fingerprint density at radius 3 is 2.50 bits per heavy atom. The molecule has 4 heteroatoms. The fourth-order valence-electron chi connectivity index (χ4n) is 1.93. The van der Waals surface area contributed by atoms with Crippen LogP contribution in [-0.4, -0.2) is 4.98 Å². The number of halogens is 1. The SMILES string of the molecule is N#Cc1cccnc1-c1ccc(-c2ccc(F)cc2)s1. The molecular weight excluding hydrogens is 271 g/mol. The molecule has 3 rings (SSSR count). The molecular formula is C16H9FN2S. The second kappa shape index (κ2) is 5.24. The van der Waals surface area contributed by atoms with Crippen molar-refractivity contribution in [1.82, 2.24) is 4.98 Å². The Labute approximate surface area is 119 Å². The second-order valence-electron chi connectivity index (χ2n) is 4.18. The van der Waals surface area contributed by atoms with Crippen molar-refractivity contribution in [2.45, 2.75) is 0 Å². The van der Waals surface area contributed by atoms with E-state index in [1.165, 1.54) is 23.5 Å². The number of rotatable bonds is 2. The number of thiophene rings is 1. The summed E-state index contributed by atoms with van der Waals surface area (Å²) < 4.78 is 12.9. The zero-order valence-electron chi connectivity index (χ0n) is 10.4. The van der Waals surface area contributed by atoms with Gasteiger partial charge < -0.3 is 0 Å². The highest BCUT2D eigenvalue weighted by molar-refractivity contribution is 7.18. The van der Waals surface area contributed by atoms with Crippen LogP contribution in [0.4, 0.5) is 4.39 Å². The highest BCUT2D eigenvalue weighted by atomic mass is 32.1. The average Bonchev–Trinajstić information content (AvgIpc) is 2.97. The van der Waals surface area contributed by atoms with E-state index in [0.717, 1.165) is 15.3 Å². The van der Waals surface area contributed by atoms with Crippen LogP contribution in [-0.2, 0) is 0 Å².